The Bertz CT molecular complexity index is 1040. The number of imide groups is 1. The molecule has 1 unspecified atom stereocenters. The van der Waals surface area contributed by atoms with E-state index in [1.165, 1.54) is 12.0 Å². The predicted molar refractivity (Wildman–Crippen MR) is 117 cm³/mol. The van der Waals surface area contributed by atoms with Gasteiger partial charge in [-0.25, -0.2) is 9.69 Å². The first-order valence-corrected chi connectivity index (χ1v) is 10.1. The molecule has 32 heavy (non-hydrogen) atoms. The Morgan fingerprint density at radius 1 is 1.06 bits per heavy atom. The van der Waals surface area contributed by atoms with Crippen LogP contribution in [0.25, 0.3) is 0 Å². The third-order valence-corrected chi connectivity index (χ3v) is 5.27. The maximum absolute atomic E-state index is 13.2. The Morgan fingerprint density at radius 2 is 1.69 bits per heavy atom. The normalized spacial score (nSPS) is 15.9. The highest BCUT2D eigenvalue weighted by molar-refractivity contribution is 6.23. The molecular weight excluding hydrogens is 412 g/mol. The fourth-order valence-electron chi connectivity index (χ4n) is 3.52. The minimum Gasteiger partial charge on any atom is -0.497 e. The number of rotatable bonds is 8. The number of carboxylic acid groups (broad SMARTS) is 1. The summed E-state index contributed by atoms with van der Waals surface area (Å²) in [6.45, 7) is 2.03. The van der Waals surface area contributed by atoms with E-state index < -0.39 is 29.7 Å². The highest BCUT2D eigenvalue weighted by Gasteiger charge is 2.44. The van der Waals surface area contributed by atoms with E-state index >= 15 is 0 Å². The summed E-state index contributed by atoms with van der Waals surface area (Å²) in [5.74, 6) is -2.26. The SMILES string of the molecule is CCc1ccc(N2C(=O)CC(N(Cc3ccc(OC)cc3)C(=O)C=CC(=O)O)C2=O)cc1. The van der Waals surface area contributed by atoms with Crippen molar-refractivity contribution in [3.05, 3.63) is 71.8 Å². The number of carbonyl (C=O) groups excluding carboxylic acids is 3. The predicted octanol–water partition coefficient (Wildman–Crippen LogP) is 2.56. The molecule has 0 bridgehead atoms. The average Bonchev–Trinajstić information content (AvgIpc) is 3.09. The molecule has 1 aliphatic rings. The zero-order chi connectivity index (χ0) is 23.3. The van der Waals surface area contributed by atoms with E-state index in [2.05, 4.69) is 0 Å². The number of carbonyl (C=O) groups is 4. The van der Waals surface area contributed by atoms with Gasteiger partial charge in [-0.05, 0) is 41.8 Å². The van der Waals surface area contributed by atoms with Gasteiger partial charge in [0.25, 0.3) is 5.91 Å². The van der Waals surface area contributed by atoms with E-state index in [0.29, 0.717) is 23.1 Å². The molecule has 0 aromatic heterocycles. The minimum absolute atomic E-state index is 0.0269. The number of aliphatic carboxylic acids is 1. The van der Waals surface area contributed by atoms with Crippen molar-refractivity contribution in [3.63, 3.8) is 0 Å². The van der Waals surface area contributed by atoms with Gasteiger partial charge in [-0.3, -0.25) is 14.4 Å². The Hall–Kier alpha value is -3.94. The molecule has 8 nitrogen and oxygen atoms in total. The van der Waals surface area contributed by atoms with Crippen molar-refractivity contribution in [2.75, 3.05) is 12.0 Å². The van der Waals surface area contributed by atoms with E-state index in [1.54, 1.807) is 36.4 Å². The van der Waals surface area contributed by atoms with Gasteiger partial charge in [-0.1, -0.05) is 31.2 Å². The number of hydrogen-bond acceptors (Lipinski definition) is 5. The third-order valence-electron chi connectivity index (χ3n) is 5.27. The molecule has 3 amide bonds. The lowest BCUT2D eigenvalue weighted by atomic mass is 10.1. The van der Waals surface area contributed by atoms with Gasteiger partial charge in [0.2, 0.25) is 11.8 Å². The molecule has 8 heteroatoms. The Kier molecular flexibility index (Phi) is 7.04. The second-order valence-electron chi connectivity index (χ2n) is 7.29. The lowest BCUT2D eigenvalue weighted by Crippen LogP contribution is -2.44. The molecule has 1 N–H and O–H groups in total. The standard InChI is InChI=1S/C24H24N2O6/c1-3-16-4-8-18(9-5-16)26-22(28)14-20(24(26)31)25(21(27)12-13-23(29)30)15-17-6-10-19(32-2)11-7-17/h4-13,20H,3,14-15H2,1-2H3,(H,29,30). The molecule has 0 saturated carbocycles. The van der Waals surface area contributed by atoms with Crippen LogP contribution in [0, 0.1) is 0 Å². The molecule has 0 aliphatic carbocycles. The highest BCUT2D eigenvalue weighted by atomic mass is 16.5. The smallest absolute Gasteiger partial charge is 0.328 e. The van der Waals surface area contributed by atoms with Crippen LogP contribution in [-0.2, 0) is 32.1 Å². The minimum atomic E-state index is -1.28. The molecule has 0 radical (unpaired) electrons. The summed E-state index contributed by atoms with van der Waals surface area (Å²) in [5.41, 5.74) is 2.21. The van der Waals surface area contributed by atoms with Crippen molar-refractivity contribution in [2.24, 2.45) is 0 Å². The van der Waals surface area contributed by atoms with Gasteiger partial charge in [0.15, 0.2) is 0 Å². The topological polar surface area (TPSA) is 104 Å². The zero-order valence-corrected chi connectivity index (χ0v) is 17.9. The number of methoxy groups -OCH3 is 1. The average molecular weight is 436 g/mol. The number of nitrogens with zero attached hydrogens (tertiary/aromatic N) is 2. The van der Waals surface area contributed by atoms with E-state index in [4.69, 9.17) is 9.84 Å². The van der Waals surface area contributed by atoms with Crippen LogP contribution in [-0.4, -0.2) is 46.8 Å². The molecule has 2 aromatic rings. The lowest BCUT2D eigenvalue weighted by molar-refractivity contribution is -0.135. The van der Waals surface area contributed by atoms with Gasteiger partial charge in [-0.15, -0.1) is 0 Å². The van der Waals surface area contributed by atoms with E-state index in [0.717, 1.165) is 23.0 Å². The van der Waals surface area contributed by atoms with Crippen LogP contribution >= 0.6 is 0 Å². The van der Waals surface area contributed by atoms with E-state index in [-0.39, 0.29) is 13.0 Å². The van der Waals surface area contributed by atoms with Crippen LogP contribution in [0.4, 0.5) is 5.69 Å². The fraction of sp³-hybridized carbons (Fsp3) is 0.250. The van der Waals surface area contributed by atoms with Crippen molar-refractivity contribution < 1.29 is 29.0 Å². The first kappa shape index (κ1) is 22.7. The number of benzene rings is 2. The number of ether oxygens (including phenoxy) is 1. The van der Waals surface area contributed by atoms with E-state index in [1.807, 2.05) is 19.1 Å². The number of aryl methyl sites for hydroxylation is 1. The third kappa shape index (κ3) is 5.03. The first-order chi connectivity index (χ1) is 15.3. The number of carboxylic acids is 1. The summed E-state index contributed by atoms with van der Waals surface area (Å²) in [6, 6.07) is 13.0. The zero-order valence-electron chi connectivity index (χ0n) is 17.9. The van der Waals surface area contributed by atoms with Crippen molar-refractivity contribution in [3.8, 4) is 5.75 Å². The lowest BCUT2D eigenvalue weighted by Gasteiger charge is -2.27. The largest absolute Gasteiger partial charge is 0.497 e. The van der Waals surface area contributed by atoms with Crippen molar-refractivity contribution in [1.82, 2.24) is 4.90 Å². The number of anilines is 1. The van der Waals surface area contributed by atoms with Crippen LogP contribution < -0.4 is 9.64 Å². The van der Waals surface area contributed by atoms with E-state index in [9.17, 15) is 19.2 Å². The highest BCUT2D eigenvalue weighted by Crippen LogP contribution is 2.27. The molecule has 1 atom stereocenters. The second kappa shape index (κ2) is 9.91. The monoisotopic (exact) mass is 436 g/mol. The van der Waals surface area contributed by atoms with Gasteiger partial charge in [0.05, 0.1) is 19.2 Å². The molecule has 2 aromatic carbocycles. The molecule has 0 spiro atoms. The number of hydrogen-bond donors (Lipinski definition) is 1. The van der Waals surface area contributed by atoms with Gasteiger partial charge in [0, 0.05) is 18.7 Å². The molecule has 1 fully saturated rings. The number of amides is 3. The summed E-state index contributed by atoms with van der Waals surface area (Å²) >= 11 is 0. The van der Waals surface area contributed by atoms with Gasteiger partial charge >= 0.3 is 5.97 Å². The van der Waals surface area contributed by atoms with Crippen LogP contribution in [0.2, 0.25) is 0 Å². The first-order valence-electron chi connectivity index (χ1n) is 10.1. The molecular formula is C24H24N2O6. The molecule has 1 heterocycles. The van der Waals surface area contributed by atoms with Crippen molar-refractivity contribution in [2.45, 2.75) is 32.4 Å². The molecule has 3 rings (SSSR count). The summed E-state index contributed by atoms with van der Waals surface area (Å²) in [7, 11) is 1.53. The molecule has 1 aliphatic heterocycles. The fourth-order valence-corrected chi connectivity index (χ4v) is 3.52. The Morgan fingerprint density at radius 3 is 2.25 bits per heavy atom. The molecule has 1 saturated heterocycles. The van der Waals surface area contributed by atoms with Crippen LogP contribution in [0.1, 0.15) is 24.5 Å². The second-order valence-corrected chi connectivity index (χ2v) is 7.29. The maximum atomic E-state index is 13.2. The quantitative estimate of drug-likeness (QED) is 0.504. The van der Waals surface area contributed by atoms with Crippen LogP contribution in [0.3, 0.4) is 0 Å². The summed E-state index contributed by atoms with van der Waals surface area (Å²) < 4.78 is 5.13. The van der Waals surface area contributed by atoms with Crippen molar-refractivity contribution >= 4 is 29.4 Å². The summed E-state index contributed by atoms with van der Waals surface area (Å²) in [6.07, 6.45) is 2.25. The van der Waals surface area contributed by atoms with Crippen LogP contribution in [0.5, 0.6) is 5.75 Å². The van der Waals surface area contributed by atoms with Crippen molar-refractivity contribution in [1.29, 1.82) is 0 Å². The Balaban J connectivity index is 1.90. The van der Waals surface area contributed by atoms with Gasteiger partial charge in [-0.2, -0.15) is 0 Å². The van der Waals surface area contributed by atoms with Crippen LogP contribution in [0.15, 0.2) is 60.7 Å². The molecule has 166 valence electrons. The maximum Gasteiger partial charge on any atom is 0.328 e. The summed E-state index contributed by atoms with van der Waals surface area (Å²) in [5, 5.41) is 8.88. The Labute approximate surface area is 185 Å². The summed E-state index contributed by atoms with van der Waals surface area (Å²) in [4.78, 5) is 51.9. The van der Waals surface area contributed by atoms with Gasteiger partial charge in [0.1, 0.15) is 11.8 Å². The van der Waals surface area contributed by atoms with Gasteiger partial charge < -0.3 is 14.7 Å².